The zero-order valence-electron chi connectivity index (χ0n) is 10.3. The first-order valence-electron chi connectivity index (χ1n) is 5.85. The van der Waals surface area contributed by atoms with Crippen LogP contribution < -0.4 is 5.32 Å². The van der Waals surface area contributed by atoms with Crippen molar-refractivity contribution in [1.82, 2.24) is 5.32 Å². The number of hydrogen-bond acceptors (Lipinski definition) is 2. The van der Waals surface area contributed by atoms with E-state index in [4.69, 9.17) is 27.6 Å². The molecule has 0 saturated carbocycles. The number of benzene rings is 1. The molecular weight excluding hydrogens is 269 g/mol. The predicted molar refractivity (Wildman–Crippen MR) is 75.4 cm³/mol. The summed E-state index contributed by atoms with van der Waals surface area (Å²) in [6.45, 7) is 4.87. The van der Waals surface area contributed by atoms with E-state index in [2.05, 4.69) is 5.32 Å². The first-order valence-corrected chi connectivity index (χ1v) is 6.61. The molecular formula is C14H15Cl2NO. The Morgan fingerprint density at radius 3 is 2.67 bits per heavy atom. The standard InChI is InChI=1S/C14H15Cl2NO/c1-3-17-13(14-9(2)6-7-18-14)11-8-10(15)4-5-12(11)16/h4-8,13,17H,3H2,1-2H3. The van der Waals surface area contributed by atoms with Gasteiger partial charge in [-0.2, -0.15) is 0 Å². The highest BCUT2D eigenvalue weighted by molar-refractivity contribution is 6.33. The Bertz CT molecular complexity index is 536. The lowest BCUT2D eigenvalue weighted by Gasteiger charge is -2.18. The van der Waals surface area contributed by atoms with E-state index in [9.17, 15) is 0 Å². The molecule has 96 valence electrons. The molecule has 0 radical (unpaired) electrons. The Morgan fingerprint density at radius 1 is 1.28 bits per heavy atom. The fourth-order valence-corrected chi connectivity index (χ4v) is 2.37. The second-order valence-corrected chi connectivity index (χ2v) is 4.97. The minimum atomic E-state index is -0.0730. The molecule has 1 aromatic carbocycles. The van der Waals surface area contributed by atoms with Crippen LogP contribution >= 0.6 is 23.2 Å². The van der Waals surface area contributed by atoms with E-state index < -0.39 is 0 Å². The molecule has 0 bridgehead atoms. The minimum Gasteiger partial charge on any atom is -0.467 e. The van der Waals surface area contributed by atoms with Gasteiger partial charge in [-0.25, -0.2) is 0 Å². The summed E-state index contributed by atoms with van der Waals surface area (Å²) < 4.78 is 5.56. The summed E-state index contributed by atoms with van der Waals surface area (Å²) in [7, 11) is 0. The largest absolute Gasteiger partial charge is 0.467 e. The molecule has 0 saturated heterocycles. The summed E-state index contributed by atoms with van der Waals surface area (Å²) in [5, 5.41) is 4.72. The van der Waals surface area contributed by atoms with Gasteiger partial charge in [0.25, 0.3) is 0 Å². The van der Waals surface area contributed by atoms with Crippen LogP contribution in [0.1, 0.15) is 29.9 Å². The molecule has 1 aromatic heterocycles. The van der Waals surface area contributed by atoms with E-state index in [1.54, 1.807) is 12.3 Å². The number of halogens is 2. The van der Waals surface area contributed by atoms with Crippen LogP contribution in [0.5, 0.6) is 0 Å². The molecule has 2 rings (SSSR count). The normalized spacial score (nSPS) is 12.7. The van der Waals surface area contributed by atoms with Gasteiger partial charge >= 0.3 is 0 Å². The SMILES string of the molecule is CCNC(c1cc(Cl)ccc1Cl)c1occc1C. The molecule has 2 nitrogen and oxygen atoms in total. The van der Waals surface area contributed by atoms with Crippen molar-refractivity contribution >= 4 is 23.2 Å². The predicted octanol–water partition coefficient (Wildman–Crippen LogP) is 4.59. The molecule has 0 amide bonds. The Balaban J connectivity index is 2.48. The van der Waals surface area contributed by atoms with Crippen LogP contribution in [-0.2, 0) is 0 Å². The third-order valence-electron chi connectivity index (χ3n) is 2.84. The maximum atomic E-state index is 6.26. The lowest BCUT2D eigenvalue weighted by Crippen LogP contribution is -2.22. The first-order chi connectivity index (χ1) is 8.63. The van der Waals surface area contributed by atoms with Crippen molar-refractivity contribution in [3.63, 3.8) is 0 Å². The maximum Gasteiger partial charge on any atom is 0.128 e. The lowest BCUT2D eigenvalue weighted by atomic mass is 10.0. The zero-order chi connectivity index (χ0) is 13.1. The highest BCUT2D eigenvalue weighted by atomic mass is 35.5. The Morgan fingerprint density at radius 2 is 2.06 bits per heavy atom. The smallest absolute Gasteiger partial charge is 0.128 e. The van der Waals surface area contributed by atoms with E-state index >= 15 is 0 Å². The number of nitrogens with one attached hydrogen (secondary N) is 1. The fourth-order valence-electron chi connectivity index (χ4n) is 1.96. The fraction of sp³-hybridized carbons (Fsp3) is 0.286. The molecule has 0 aliphatic carbocycles. The average Bonchev–Trinajstić information content (AvgIpc) is 2.76. The quantitative estimate of drug-likeness (QED) is 0.888. The molecule has 18 heavy (non-hydrogen) atoms. The summed E-state index contributed by atoms with van der Waals surface area (Å²) in [6.07, 6.45) is 1.69. The van der Waals surface area contributed by atoms with Crippen LogP contribution in [0.25, 0.3) is 0 Å². The van der Waals surface area contributed by atoms with Crippen LogP contribution in [0, 0.1) is 6.92 Å². The number of rotatable bonds is 4. The van der Waals surface area contributed by atoms with Gasteiger partial charge < -0.3 is 9.73 Å². The highest BCUT2D eigenvalue weighted by Gasteiger charge is 2.21. The summed E-state index contributed by atoms with van der Waals surface area (Å²) in [5.41, 5.74) is 2.03. The Kier molecular flexibility index (Phi) is 4.33. The monoisotopic (exact) mass is 283 g/mol. The molecule has 1 heterocycles. The maximum absolute atomic E-state index is 6.26. The minimum absolute atomic E-state index is 0.0730. The molecule has 2 aromatic rings. The van der Waals surface area contributed by atoms with Gasteiger partial charge in [-0.1, -0.05) is 30.1 Å². The lowest BCUT2D eigenvalue weighted by molar-refractivity contribution is 0.449. The van der Waals surface area contributed by atoms with Crippen LogP contribution in [0.2, 0.25) is 10.0 Å². The van der Waals surface area contributed by atoms with E-state index in [1.807, 2.05) is 32.0 Å². The summed E-state index contributed by atoms with van der Waals surface area (Å²) >= 11 is 12.3. The van der Waals surface area contributed by atoms with E-state index in [-0.39, 0.29) is 6.04 Å². The van der Waals surface area contributed by atoms with Crippen molar-refractivity contribution in [2.45, 2.75) is 19.9 Å². The summed E-state index contributed by atoms with van der Waals surface area (Å²) in [6, 6.07) is 7.33. The molecule has 1 atom stereocenters. The van der Waals surface area contributed by atoms with Crippen molar-refractivity contribution in [1.29, 1.82) is 0 Å². The van der Waals surface area contributed by atoms with Gasteiger partial charge in [0.15, 0.2) is 0 Å². The van der Waals surface area contributed by atoms with E-state index in [0.717, 1.165) is 23.4 Å². The molecule has 0 spiro atoms. The average molecular weight is 284 g/mol. The number of hydrogen-bond donors (Lipinski definition) is 1. The topological polar surface area (TPSA) is 25.2 Å². The molecule has 1 N–H and O–H groups in total. The van der Waals surface area contributed by atoms with Gasteiger partial charge in [0.1, 0.15) is 5.76 Å². The third kappa shape index (κ3) is 2.72. The van der Waals surface area contributed by atoms with Gasteiger partial charge in [-0.15, -0.1) is 0 Å². The second-order valence-electron chi connectivity index (χ2n) is 4.12. The van der Waals surface area contributed by atoms with Crippen LogP contribution in [0.3, 0.4) is 0 Å². The van der Waals surface area contributed by atoms with E-state index in [1.165, 1.54) is 0 Å². The Labute approximate surface area is 117 Å². The van der Waals surface area contributed by atoms with Crippen LogP contribution in [0.15, 0.2) is 34.9 Å². The van der Waals surface area contributed by atoms with Crippen molar-refractivity contribution in [2.24, 2.45) is 0 Å². The summed E-state index contributed by atoms with van der Waals surface area (Å²) in [4.78, 5) is 0. The molecule has 0 fully saturated rings. The third-order valence-corrected chi connectivity index (χ3v) is 3.42. The van der Waals surface area contributed by atoms with Crippen LogP contribution in [-0.4, -0.2) is 6.54 Å². The van der Waals surface area contributed by atoms with Gasteiger partial charge in [0.2, 0.25) is 0 Å². The zero-order valence-corrected chi connectivity index (χ0v) is 11.8. The van der Waals surface area contributed by atoms with E-state index in [0.29, 0.717) is 10.0 Å². The van der Waals surface area contributed by atoms with Gasteiger partial charge in [-0.3, -0.25) is 0 Å². The van der Waals surface area contributed by atoms with Crippen LogP contribution in [0.4, 0.5) is 0 Å². The summed E-state index contributed by atoms with van der Waals surface area (Å²) in [5.74, 6) is 0.876. The van der Waals surface area contributed by atoms with Crippen molar-refractivity contribution < 1.29 is 4.42 Å². The second kappa shape index (κ2) is 5.79. The van der Waals surface area contributed by atoms with Gasteiger partial charge in [0, 0.05) is 10.0 Å². The first kappa shape index (κ1) is 13.5. The van der Waals surface area contributed by atoms with Gasteiger partial charge in [0.05, 0.1) is 12.3 Å². The molecule has 0 aliphatic heterocycles. The van der Waals surface area contributed by atoms with Crippen molar-refractivity contribution in [2.75, 3.05) is 6.54 Å². The molecule has 4 heteroatoms. The number of furan rings is 1. The van der Waals surface area contributed by atoms with Gasteiger partial charge in [-0.05, 0) is 48.9 Å². The Hall–Kier alpha value is -0.960. The van der Waals surface area contributed by atoms with Crippen molar-refractivity contribution in [3.05, 3.63) is 57.5 Å². The van der Waals surface area contributed by atoms with Crippen molar-refractivity contribution in [3.8, 4) is 0 Å². The highest BCUT2D eigenvalue weighted by Crippen LogP contribution is 2.32. The molecule has 0 aliphatic rings. The number of aryl methyl sites for hydroxylation is 1. The molecule has 1 unspecified atom stereocenters.